The summed E-state index contributed by atoms with van der Waals surface area (Å²) in [7, 11) is -2.17. The molecule has 0 rings (SSSR count). The van der Waals surface area contributed by atoms with Crippen LogP contribution in [-0.2, 0) is 14.3 Å². The number of aliphatic carboxylic acids is 1. The van der Waals surface area contributed by atoms with Crippen molar-refractivity contribution in [2.45, 2.75) is 6.42 Å². The molecule has 0 saturated carbocycles. The Hall–Kier alpha value is -0.918. The van der Waals surface area contributed by atoms with Gasteiger partial charge in [-0.3, -0.25) is 19.0 Å². The largest absolute Gasteiger partial charge is 1.00 e. The number of hydrogen-bond donors (Lipinski definition) is 4. The summed E-state index contributed by atoms with van der Waals surface area (Å²) in [6.07, 6.45) is 0.275. The number of carbonyl (C=O) groups is 2. The first-order chi connectivity index (χ1) is 5.90. The maximum atomic E-state index is 10.2. The summed E-state index contributed by atoms with van der Waals surface area (Å²) >= 11 is 0. The number of carboxylic acid groups (broad SMARTS) is 1. The molecule has 4 N–H and O–H groups in total. The average Bonchev–Trinajstić information content (AvgIpc) is 1.83. The van der Waals surface area contributed by atoms with Crippen LogP contribution in [0.15, 0.2) is 12.8 Å². The number of ether oxygens (including phenoxy) is 1. The van der Waals surface area contributed by atoms with Gasteiger partial charge in [0.25, 0.3) is 0 Å². The normalized spacial score (nSPS) is 6.19. The molecule has 0 bridgehead atoms. The van der Waals surface area contributed by atoms with Gasteiger partial charge in [0.2, 0.25) is 0 Å². The third kappa shape index (κ3) is 51.6. The minimum atomic E-state index is -2.17. The molecule has 0 heterocycles. The fourth-order valence-corrected chi connectivity index (χ4v) is 0.258. The molecule has 0 amide bonds. The van der Waals surface area contributed by atoms with Gasteiger partial charge in [0.05, 0.1) is 6.26 Å². The zero-order chi connectivity index (χ0) is 10.9. The Morgan fingerprint density at radius 3 is 1.81 bits per heavy atom. The van der Waals surface area contributed by atoms with Gasteiger partial charge in [-0.1, -0.05) is 6.58 Å². The molecule has 92 valence electrons. The molecule has 0 aliphatic rings. The minimum Gasteiger partial charge on any atom is -1.00 e. The number of rotatable bonds is 3. The van der Waals surface area contributed by atoms with Gasteiger partial charge in [-0.2, -0.15) is 0 Å². The molecule has 0 unspecified atom stereocenters. The molecule has 7 nitrogen and oxygen atoms in total. The van der Waals surface area contributed by atoms with Crippen molar-refractivity contribution in [1.29, 1.82) is 0 Å². The van der Waals surface area contributed by atoms with Gasteiger partial charge in [-0.05, 0) is 0 Å². The predicted octanol–water partition coefficient (Wildman–Crippen LogP) is -4.48. The van der Waals surface area contributed by atoms with Gasteiger partial charge in [0.15, 0.2) is 0 Å². The van der Waals surface area contributed by atoms with Crippen LogP contribution in [0.25, 0.3) is 0 Å². The van der Waals surface area contributed by atoms with Gasteiger partial charge >= 0.3 is 38.1 Å². The fourth-order valence-electron chi connectivity index (χ4n) is 0.258. The summed E-state index contributed by atoms with van der Waals surface area (Å²) in [6, 6.07) is 0. The summed E-state index contributed by atoms with van der Waals surface area (Å²) in [5.41, 5.74) is 0. The molecule has 0 aliphatic carbocycles. The molecule has 0 fully saturated rings. The van der Waals surface area contributed by atoms with E-state index in [-0.39, 0.29) is 29.7 Å². The molecule has 0 aromatic heterocycles. The quantitative estimate of drug-likeness (QED) is 0.169. The summed E-state index contributed by atoms with van der Waals surface area (Å²) in [5.74, 6) is -2.01. The van der Waals surface area contributed by atoms with Crippen LogP contribution in [0, 0.1) is 0 Å². The molecule has 0 aliphatic heterocycles. The Morgan fingerprint density at radius 1 is 1.31 bits per heavy atom. The predicted molar refractivity (Wildman–Crippen MR) is 47.1 cm³/mol. The standard InChI is InChI=1S/C5H6O4.BH3O3.2FH.Li.H/c1-2-9-5(8)3-4(6)7;2-1(3)4;;;;/h2H,1,3H2,(H,6,7);2-4H;2*1H;;/q;;;;+1;-1. The van der Waals surface area contributed by atoms with Crippen LogP contribution >= 0.6 is 0 Å². The SMILES string of the molecule is C=COC(=O)CC(=O)O.F.F.OB(O)O.[H-].[Li+]. The van der Waals surface area contributed by atoms with E-state index in [2.05, 4.69) is 11.3 Å². The molecule has 0 aromatic rings. The van der Waals surface area contributed by atoms with E-state index in [0.717, 1.165) is 6.26 Å². The van der Waals surface area contributed by atoms with Crippen LogP contribution in [0.2, 0.25) is 0 Å². The van der Waals surface area contributed by atoms with E-state index in [0.29, 0.717) is 0 Å². The number of carbonyl (C=O) groups excluding carboxylic acids is 1. The van der Waals surface area contributed by atoms with Gasteiger partial charge in [-0.25, -0.2) is 0 Å². The molecule has 0 saturated heterocycles. The van der Waals surface area contributed by atoms with E-state index in [4.69, 9.17) is 20.2 Å². The van der Waals surface area contributed by atoms with E-state index < -0.39 is 25.7 Å². The molecular formula is C5H12BF2LiO7. The summed E-state index contributed by atoms with van der Waals surface area (Å²) < 4.78 is 4.10. The summed E-state index contributed by atoms with van der Waals surface area (Å²) in [5, 5.41) is 29.5. The second-order valence-electron chi connectivity index (χ2n) is 1.57. The van der Waals surface area contributed by atoms with E-state index in [1.165, 1.54) is 0 Å². The fraction of sp³-hybridized carbons (Fsp3) is 0.200. The van der Waals surface area contributed by atoms with E-state index >= 15 is 0 Å². The minimum absolute atomic E-state index is 0. The molecular weight excluding hydrogens is 228 g/mol. The molecule has 0 spiro atoms. The number of carboxylic acids is 1. The zero-order valence-corrected chi connectivity index (χ0v) is 8.40. The van der Waals surface area contributed by atoms with Crippen LogP contribution in [-0.4, -0.2) is 39.4 Å². The number of hydrogen-bond acceptors (Lipinski definition) is 6. The molecule has 11 heteroatoms. The van der Waals surface area contributed by atoms with Crippen molar-refractivity contribution in [2.75, 3.05) is 0 Å². The topological polar surface area (TPSA) is 124 Å². The smallest absolute Gasteiger partial charge is 1.00 e. The zero-order valence-electron chi connectivity index (χ0n) is 9.40. The third-order valence-corrected chi connectivity index (χ3v) is 0.510. The van der Waals surface area contributed by atoms with Gasteiger partial charge in [-0.15, -0.1) is 0 Å². The van der Waals surface area contributed by atoms with Crippen LogP contribution in [0.3, 0.4) is 0 Å². The maximum absolute atomic E-state index is 10.2. The first-order valence-corrected chi connectivity index (χ1v) is 2.96. The van der Waals surface area contributed by atoms with E-state index in [9.17, 15) is 9.59 Å². The van der Waals surface area contributed by atoms with Crippen molar-refractivity contribution in [3.8, 4) is 0 Å². The van der Waals surface area contributed by atoms with Crippen molar-refractivity contribution in [3.05, 3.63) is 12.8 Å². The van der Waals surface area contributed by atoms with Crippen LogP contribution in [0.4, 0.5) is 9.41 Å². The summed E-state index contributed by atoms with van der Waals surface area (Å²) in [6.45, 7) is 3.07. The first kappa shape index (κ1) is 29.4. The Kier molecular flexibility index (Phi) is 36.1. The second kappa shape index (κ2) is 19.6. The van der Waals surface area contributed by atoms with Gasteiger partial charge in [0, 0.05) is 0 Å². The monoisotopic (exact) mass is 240 g/mol. The van der Waals surface area contributed by atoms with Crippen molar-refractivity contribution < 1.29 is 64.2 Å². The molecule has 0 radical (unpaired) electrons. The number of esters is 1. The van der Waals surface area contributed by atoms with Gasteiger partial charge in [0.1, 0.15) is 6.42 Å². The Balaban J connectivity index is -0.0000000338. The van der Waals surface area contributed by atoms with Crippen molar-refractivity contribution in [1.82, 2.24) is 0 Å². The van der Waals surface area contributed by atoms with Crippen molar-refractivity contribution in [2.24, 2.45) is 0 Å². The molecule has 0 aromatic carbocycles. The van der Waals surface area contributed by atoms with Crippen molar-refractivity contribution >= 4 is 19.3 Å². The maximum Gasteiger partial charge on any atom is 1.00 e. The van der Waals surface area contributed by atoms with Crippen LogP contribution < -0.4 is 18.9 Å². The Morgan fingerprint density at radius 2 is 1.62 bits per heavy atom. The van der Waals surface area contributed by atoms with E-state index in [1.54, 1.807) is 0 Å². The second-order valence-corrected chi connectivity index (χ2v) is 1.57. The van der Waals surface area contributed by atoms with Crippen LogP contribution in [0.1, 0.15) is 7.85 Å². The Labute approximate surface area is 103 Å². The third-order valence-electron chi connectivity index (χ3n) is 0.510. The molecule has 16 heavy (non-hydrogen) atoms. The Bertz CT molecular complexity index is 194. The number of halogens is 2. The van der Waals surface area contributed by atoms with Gasteiger partial charge < -0.3 is 26.3 Å². The first-order valence-electron chi connectivity index (χ1n) is 2.96. The average molecular weight is 240 g/mol. The van der Waals surface area contributed by atoms with E-state index in [1.807, 2.05) is 0 Å². The van der Waals surface area contributed by atoms with Crippen LogP contribution in [0.5, 0.6) is 0 Å². The molecule has 0 atom stereocenters. The summed E-state index contributed by atoms with van der Waals surface area (Å²) in [4.78, 5) is 19.9. The van der Waals surface area contributed by atoms with Crippen molar-refractivity contribution in [3.63, 3.8) is 0 Å².